The van der Waals surface area contributed by atoms with Crippen molar-refractivity contribution in [1.82, 2.24) is 20.3 Å². The second kappa shape index (κ2) is 6.22. The predicted molar refractivity (Wildman–Crippen MR) is 66.4 cm³/mol. The van der Waals surface area contributed by atoms with Gasteiger partial charge in [-0.2, -0.15) is 11.8 Å². The topological polar surface area (TPSA) is 63.0 Å². The van der Waals surface area contributed by atoms with Crippen molar-refractivity contribution in [1.29, 1.82) is 0 Å². The van der Waals surface area contributed by atoms with Gasteiger partial charge in [-0.3, -0.25) is 0 Å². The van der Waals surface area contributed by atoms with Crippen LogP contribution in [0.3, 0.4) is 0 Å². The van der Waals surface area contributed by atoms with Crippen LogP contribution in [0, 0.1) is 0 Å². The van der Waals surface area contributed by atoms with Crippen LogP contribution >= 0.6 is 11.8 Å². The van der Waals surface area contributed by atoms with Crippen molar-refractivity contribution in [3.8, 4) is 0 Å². The number of nitrogens with zero attached hydrogens (tertiary/aromatic N) is 3. The molecule has 0 aromatic carbocycles. The van der Waals surface area contributed by atoms with Crippen LogP contribution in [0.25, 0.3) is 0 Å². The molecule has 0 unspecified atom stereocenters. The number of hydrogen-bond donors (Lipinski definition) is 2. The summed E-state index contributed by atoms with van der Waals surface area (Å²) in [5.74, 6) is 0. The first-order valence-electron chi connectivity index (χ1n) is 5.33. The Morgan fingerprint density at radius 2 is 2.31 bits per heavy atom. The summed E-state index contributed by atoms with van der Waals surface area (Å²) in [5.41, 5.74) is 0.908. The quantitative estimate of drug-likeness (QED) is 0.731. The van der Waals surface area contributed by atoms with E-state index in [2.05, 4.69) is 35.7 Å². The van der Waals surface area contributed by atoms with Crippen LogP contribution in [-0.2, 0) is 13.1 Å². The van der Waals surface area contributed by atoms with E-state index in [0.29, 0.717) is 6.54 Å². The zero-order chi connectivity index (χ0) is 12.0. The molecule has 0 aliphatic heterocycles. The highest BCUT2D eigenvalue weighted by Crippen LogP contribution is 2.19. The summed E-state index contributed by atoms with van der Waals surface area (Å²) in [4.78, 5) is 0. The fourth-order valence-electron chi connectivity index (χ4n) is 1.20. The molecule has 0 fully saturated rings. The first-order chi connectivity index (χ1) is 7.57. The molecule has 0 saturated heterocycles. The van der Waals surface area contributed by atoms with Gasteiger partial charge in [0, 0.05) is 24.0 Å². The number of nitrogens with one attached hydrogen (secondary N) is 1. The van der Waals surface area contributed by atoms with E-state index in [1.165, 1.54) is 0 Å². The molecule has 0 aliphatic rings. The molecule has 0 spiro atoms. The Kier molecular flexibility index (Phi) is 5.24. The van der Waals surface area contributed by atoms with E-state index in [-0.39, 0.29) is 11.4 Å². The number of aliphatic hydroxyl groups excluding tert-OH is 1. The molecule has 92 valence electrons. The van der Waals surface area contributed by atoms with Gasteiger partial charge in [0.05, 0.1) is 18.8 Å². The van der Waals surface area contributed by atoms with Crippen molar-refractivity contribution in [2.24, 2.45) is 0 Å². The Balaban J connectivity index is 2.31. The third-order valence-electron chi connectivity index (χ3n) is 2.32. The molecule has 1 rings (SSSR count). The fraction of sp³-hybridized carbons (Fsp3) is 0.800. The average Bonchev–Trinajstić information content (AvgIpc) is 2.66. The molecule has 0 bridgehead atoms. The summed E-state index contributed by atoms with van der Waals surface area (Å²) in [7, 11) is 0. The van der Waals surface area contributed by atoms with Crippen molar-refractivity contribution in [3.05, 3.63) is 11.9 Å². The summed E-state index contributed by atoms with van der Waals surface area (Å²) in [6.07, 6.45) is 3.97. The van der Waals surface area contributed by atoms with Crippen LogP contribution in [0.15, 0.2) is 6.20 Å². The monoisotopic (exact) mass is 244 g/mol. The minimum Gasteiger partial charge on any atom is -0.394 e. The fourth-order valence-corrected chi connectivity index (χ4v) is 1.44. The summed E-state index contributed by atoms with van der Waals surface area (Å²) in [6, 6.07) is 0. The number of hydrogen-bond acceptors (Lipinski definition) is 5. The molecular weight excluding hydrogens is 224 g/mol. The molecule has 0 atom stereocenters. The molecule has 2 N–H and O–H groups in total. The lowest BCUT2D eigenvalue weighted by atomic mass is 10.2. The maximum atomic E-state index is 8.74. The minimum absolute atomic E-state index is 0.0930. The number of thioether (sulfide) groups is 1. The minimum atomic E-state index is 0.0930. The summed E-state index contributed by atoms with van der Waals surface area (Å²) >= 11 is 1.84. The van der Waals surface area contributed by atoms with E-state index in [1.54, 1.807) is 4.68 Å². The van der Waals surface area contributed by atoms with Gasteiger partial charge in [0.25, 0.3) is 0 Å². The van der Waals surface area contributed by atoms with Crippen LogP contribution < -0.4 is 5.32 Å². The molecule has 5 nitrogen and oxygen atoms in total. The number of aliphatic hydroxyl groups is 1. The normalized spacial score (nSPS) is 12.0. The Labute approximate surface area is 101 Å². The SMILES string of the molecule is CSC(C)(C)CNCc1cn(CCO)nn1. The predicted octanol–water partition coefficient (Wildman–Crippen LogP) is 0.502. The van der Waals surface area contributed by atoms with Crippen molar-refractivity contribution in [2.75, 3.05) is 19.4 Å². The van der Waals surface area contributed by atoms with E-state index in [4.69, 9.17) is 5.11 Å². The van der Waals surface area contributed by atoms with E-state index in [9.17, 15) is 0 Å². The molecule has 6 heteroatoms. The van der Waals surface area contributed by atoms with E-state index < -0.39 is 0 Å². The van der Waals surface area contributed by atoms with Gasteiger partial charge in [-0.1, -0.05) is 5.21 Å². The highest BCUT2D eigenvalue weighted by molar-refractivity contribution is 7.99. The second-order valence-electron chi connectivity index (χ2n) is 4.26. The Hall–Kier alpha value is -0.590. The highest BCUT2D eigenvalue weighted by atomic mass is 32.2. The lowest BCUT2D eigenvalue weighted by molar-refractivity contribution is 0.268. The molecule has 0 saturated carbocycles. The van der Waals surface area contributed by atoms with Crippen LogP contribution in [0.2, 0.25) is 0 Å². The van der Waals surface area contributed by atoms with Gasteiger partial charge >= 0.3 is 0 Å². The largest absolute Gasteiger partial charge is 0.394 e. The molecule has 0 aliphatic carbocycles. The zero-order valence-electron chi connectivity index (χ0n) is 10.1. The summed E-state index contributed by atoms with van der Waals surface area (Å²) in [6.45, 7) is 6.65. The van der Waals surface area contributed by atoms with Crippen molar-refractivity contribution >= 4 is 11.8 Å². The number of aromatic nitrogens is 3. The third kappa shape index (κ3) is 4.51. The maximum Gasteiger partial charge on any atom is 0.0964 e. The van der Waals surface area contributed by atoms with Gasteiger partial charge in [0.1, 0.15) is 0 Å². The van der Waals surface area contributed by atoms with Crippen LogP contribution in [0.5, 0.6) is 0 Å². The summed E-state index contributed by atoms with van der Waals surface area (Å²) < 4.78 is 1.89. The summed E-state index contributed by atoms with van der Waals surface area (Å²) in [5, 5.41) is 20.0. The molecule has 16 heavy (non-hydrogen) atoms. The molecule has 1 aromatic rings. The van der Waals surface area contributed by atoms with Crippen LogP contribution in [0.4, 0.5) is 0 Å². The molecule has 1 heterocycles. The average molecular weight is 244 g/mol. The smallest absolute Gasteiger partial charge is 0.0964 e. The first-order valence-corrected chi connectivity index (χ1v) is 6.55. The van der Waals surface area contributed by atoms with Gasteiger partial charge in [0.2, 0.25) is 0 Å². The Bertz CT molecular complexity index is 314. The van der Waals surface area contributed by atoms with Gasteiger partial charge in [0.15, 0.2) is 0 Å². The Morgan fingerprint density at radius 3 is 2.94 bits per heavy atom. The van der Waals surface area contributed by atoms with Gasteiger partial charge in [-0.25, -0.2) is 4.68 Å². The van der Waals surface area contributed by atoms with Crippen molar-refractivity contribution in [2.45, 2.75) is 31.7 Å². The number of rotatable bonds is 7. The van der Waals surface area contributed by atoms with Gasteiger partial charge in [-0.05, 0) is 20.1 Å². The van der Waals surface area contributed by atoms with Crippen molar-refractivity contribution in [3.63, 3.8) is 0 Å². The maximum absolute atomic E-state index is 8.74. The van der Waals surface area contributed by atoms with Gasteiger partial charge in [-0.15, -0.1) is 5.10 Å². The molecule has 0 amide bonds. The molecular formula is C10H20N4OS. The zero-order valence-corrected chi connectivity index (χ0v) is 10.9. The lowest BCUT2D eigenvalue weighted by Crippen LogP contribution is -2.31. The van der Waals surface area contributed by atoms with Crippen LogP contribution in [-0.4, -0.2) is 44.3 Å². The highest BCUT2D eigenvalue weighted by Gasteiger charge is 2.14. The van der Waals surface area contributed by atoms with E-state index in [1.807, 2.05) is 18.0 Å². The second-order valence-corrected chi connectivity index (χ2v) is 5.78. The lowest BCUT2D eigenvalue weighted by Gasteiger charge is -2.21. The van der Waals surface area contributed by atoms with Crippen molar-refractivity contribution < 1.29 is 5.11 Å². The molecule has 1 aromatic heterocycles. The standard InChI is InChI=1S/C10H20N4OS/c1-10(2,16-3)8-11-6-9-7-14(4-5-15)13-12-9/h7,11,15H,4-6,8H2,1-3H3. The van der Waals surface area contributed by atoms with E-state index in [0.717, 1.165) is 18.8 Å². The first kappa shape index (κ1) is 13.5. The van der Waals surface area contributed by atoms with E-state index >= 15 is 0 Å². The Morgan fingerprint density at radius 1 is 1.56 bits per heavy atom. The van der Waals surface area contributed by atoms with Gasteiger partial charge < -0.3 is 10.4 Å². The van der Waals surface area contributed by atoms with Crippen LogP contribution in [0.1, 0.15) is 19.5 Å². The third-order valence-corrected chi connectivity index (χ3v) is 3.57. The molecule has 0 radical (unpaired) electrons.